The first kappa shape index (κ1) is 17.6. The average molecular weight is 291 g/mol. The summed E-state index contributed by atoms with van der Waals surface area (Å²) >= 11 is 0. The molecule has 1 rings (SSSR count). The molecule has 0 bridgehead atoms. The van der Waals surface area contributed by atoms with Gasteiger partial charge in [0.2, 0.25) is 0 Å². The number of aliphatic hydroxyl groups is 1. The molecule has 6 nitrogen and oxygen atoms in total. The number of unbranched alkanes of at least 4 members (excludes halogenated alkanes) is 1. The number of nitro benzene ring substituents is 1. The Morgan fingerprint density at radius 2 is 2.11 bits per heavy atom. The summed E-state index contributed by atoms with van der Waals surface area (Å²) in [6.07, 6.45) is 1.41. The minimum atomic E-state index is -0.823. The number of non-ortho nitro benzene ring substituents is 1. The van der Waals surface area contributed by atoms with E-state index in [1.807, 2.05) is 6.92 Å². The number of benzene rings is 1. The lowest BCUT2D eigenvalue weighted by molar-refractivity contribution is -0.385. The van der Waals surface area contributed by atoms with Crippen molar-refractivity contribution >= 4 is 18.1 Å². The fourth-order valence-electron chi connectivity index (χ4n) is 1.72. The molecule has 0 aliphatic rings. The van der Waals surface area contributed by atoms with Crippen LogP contribution in [0.2, 0.25) is 0 Å². The second kappa shape index (κ2) is 7.93. The lowest BCUT2D eigenvalue weighted by atomic mass is 9.97. The first-order chi connectivity index (χ1) is 8.47. The SMILES string of the molecule is CCCC[C@H](O)[C@H](N)c1cc([N+](=O)[O-])ccc1O.Cl. The van der Waals surface area contributed by atoms with E-state index in [-0.39, 0.29) is 29.4 Å². The number of nitro groups is 1. The summed E-state index contributed by atoms with van der Waals surface area (Å²) in [5.41, 5.74) is 5.87. The van der Waals surface area contributed by atoms with Crippen molar-refractivity contribution in [2.75, 3.05) is 0 Å². The molecule has 0 saturated carbocycles. The predicted octanol–water partition coefficient (Wildman–Crippen LogP) is 2.27. The summed E-state index contributed by atoms with van der Waals surface area (Å²) < 4.78 is 0. The summed E-state index contributed by atoms with van der Waals surface area (Å²) in [6, 6.07) is 2.80. The van der Waals surface area contributed by atoms with Gasteiger partial charge in [0.05, 0.1) is 17.1 Å². The molecule has 0 saturated heterocycles. The number of phenolic OH excluding ortho intramolecular Hbond substituents is 1. The van der Waals surface area contributed by atoms with Gasteiger partial charge >= 0.3 is 0 Å². The number of aromatic hydroxyl groups is 1. The van der Waals surface area contributed by atoms with Crippen molar-refractivity contribution in [3.05, 3.63) is 33.9 Å². The van der Waals surface area contributed by atoms with E-state index >= 15 is 0 Å². The summed E-state index contributed by atoms with van der Waals surface area (Å²) in [7, 11) is 0. The van der Waals surface area contributed by atoms with Gasteiger partial charge in [0, 0.05) is 17.7 Å². The molecule has 0 heterocycles. The van der Waals surface area contributed by atoms with Gasteiger partial charge in [-0.05, 0) is 12.5 Å². The molecule has 108 valence electrons. The molecular weight excluding hydrogens is 272 g/mol. The molecule has 7 heteroatoms. The normalized spacial score (nSPS) is 13.4. The van der Waals surface area contributed by atoms with Gasteiger partial charge in [-0.1, -0.05) is 19.8 Å². The Labute approximate surface area is 117 Å². The van der Waals surface area contributed by atoms with Crippen molar-refractivity contribution in [2.24, 2.45) is 5.73 Å². The first-order valence-corrected chi connectivity index (χ1v) is 5.88. The molecular formula is C12H19ClN2O4. The van der Waals surface area contributed by atoms with Gasteiger partial charge in [-0.15, -0.1) is 12.4 Å². The largest absolute Gasteiger partial charge is 0.508 e. The molecule has 0 unspecified atom stereocenters. The number of aliphatic hydroxyl groups excluding tert-OH is 1. The van der Waals surface area contributed by atoms with Crippen LogP contribution in [0.4, 0.5) is 5.69 Å². The van der Waals surface area contributed by atoms with Crippen LogP contribution in [-0.4, -0.2) is 21.2 Å². The molecule has 0 aliphatic carbocycles. The number of hydrogen-bond donors (Lipinski definition) is 3. The zero-order chi connectivity index (χ0) is 13.7. The first-order valence-electron chi connectivity index (χ1n) is 5.88. The predicted molar refractivity (Wildman–Crippen MR) is 74.5 cm³/mol. The topological polar surface area (TPSA) is 110 Å². The highest BCUT2D eigenvalue weighted by atomic mass is 35.5. The second-order valence-corrected chi connectivity index (χ2v) is 4.24. The van der Waals surface area contributed by atoms with E-state index in [0.29, 0.717) is 6.42 Å². The third-order valence-electron chi connectivity index (χ3n) is 2.85. The molecule has 2 atom stereocenters. The maximum absolute atomic E-state index is 10.6. The Bertz CT molecular complexity index is 428. The van der Waals surface area contributed by atoms with Crippen LogP contribution in [0, 0.1) is 10.1 Å². The third kappa shape index (κ3) is 4.66. The van der Waals surface area contributed by atoms with E-state index in [9.17, 15) is 20.3 Å². The van der Waals surface area contributed by atoms with E-state index in [4.69, 9.17) is 5.73 Å². The lowest BCUT2D eigenvalue weighted by Crippen LogP contribution is -2.26. The van der Waals surface area contributed by atoms with E-state index < -0.39 is 17.1 Å². The zero-order valence-corrected chi connectivity index (χ0v) is 11.5. The van der Waals surface area contributed by atoms with Crippen LogP contribution in [0.15, 0.2) is 18.2 Å². The van der Waals surface area contributed by atoms with Crippen LogP contribution in [0.5, 0.6) is 5.75 Å². The van der Waals surface area contributed by atoms with E-state index in [2.05, 4.69) is 0 Å². The minimum Gasteiger partial charge on any atom is -0.508 e. The molecule has 0 fully saturated rings. The van der Waals surface area contributed by atoms with Crippen molar-refractivity contribution in [3.63, 3.8) is 0 Å². The third-order valence-corrected chi connectivity index (χ3v) is 2.85. The number of phenols is 1. The highest BCUT2D eigenvalue weighted by Gasteiger charge is 2.21. The summed E-state index contributed by atoms with van der Waals surface area (Å²) in [6.45, 7) is 1.99. The van der Waals surface area contributed by atoms with Crippen molar-refractivity contribution in [3.8, 4) is 5.75 Å². The molecule has 4 N–H and O–H groups in total. The molecule has 0 aromatic heterocycles. The highest BCUT2D eigenvalue weighted by molar-refractivity contribution is 5.85. The molecule has 19 heavy (non-hydrogen) atoms. The maximum atomic E-state index is 10.6. The van der Waals surface area contributed by atoms with Gasteiger partial charge in [-0.2, -0.15) is 0 Å². The van der Waals surface area contributed by atoms with Crippen LogP contribution in [0.25, 0.3) is 0 Å². The number of rotatable bonds is 6. The lowest BCUT2D eigenvalue weighted by Gasteiger charge is -2.19. The number of nitrogens with two attached hydrogens (primary N) is 1. The van der Waals surface area contributed by atoms with E-state index in [1.54, 1.807) is 0 Å². The Balaban J connectivity index is 0.00000324. The summed E-state index contributed by atoms with van der Waals surface area (Å²) in [5, 5.41) is 30.1. The zero-order valence-electron chi connectivity index (χ0n) is 10.7. The van der Waals surface area contributed by atoms with Crippen LogP contribution in [-0.2, 0) is 0 Å². The summed E-state index contributed by atoms with van der Waals surface area (Å²) in [5.74, 6) is -0.136. The molecule has 0 spiro atoms. The molecule has 0 aliphatic heterocycles. The Kier molecular flexibility index (Phi) is 7.36. The van der Waals surface area contributed by atoms with Crippen LogP contribution < -0.4 is 5.73 Å². The highest BCUT2D eigenvalue weighted by Crippen LogP contribution is 2.30. The Hall–Kier alpha value is -1.37. The maximum Gasteiger partial charge on any atom is 0.270 e. The smallest absolute Gasteiger partial charge is 0.270 e. The van der Waals surface area contributed by atoms with Crippen LogP contribution in [0.1, 0.15) is 37.8 Å². The fourth-order valence-corrected chi connectivity index (χ4v) is 1.72. The number of halogens is 1. The van der Waals surface area contributed by atoms with Crippen LogP contribution in [0.3, 0.4) is 0 Å². The van der Waals surface area contributed by atoms with Gasteiger partial charge in [0.15, 0.2) is 0 Å². The molecule has 1 aromatic carbocycles. The number of nitrogens with zero attached hydrogens (tertiary/aromatic N) is 1. The minimum absolute atomic E-state index is 0. The van der Waals surface area contributed by atoms with Gasteiger partial charge in [-0.25, -0.2) is 0 Å². The monoisotopic (exact) mass is 290 g/mol. The second-order valence-electron chi connectivity index (χ2n) is 4.24. The van der Waals surface area contributed by atoms with Gasteiger partial charge < -0.3 is 15.9 Å². The van der Waals surface area contributed by atoms with Gasteiger partial charge in [0.25, 0.3) is 5.69 Å². The Morgan fingerprint density at radius 1 is 1.47 bits per heavy atom. The fraction of sp³-hybridized carbons (Fsp3) is 0.500. The van der Waals surface area contributed by atoms with E-state index in [1.165, 1.54) is 18.2 Å². The Morgan fingerprint density at radius 3 is 2.63 bits per heavy atom. The molecule has 0 radical (unpaired) electrons. The quantitative estimate of drug-likeness (QED) is 0.550. The summed E-state index contributed by atoms with van der Waals surface area (Å²) in [4.78, 5) is 10.1. The average Bonchev–Trinajstić information content (AvgIpc) is 2.35. The van der Waals surface area contributed by atoms with E-state index in [0.717, 1.165) is 12.8 Å². The van der Waals surface area contributed by atoms with Crippen LogP contribution >= 0.6 is 12.4 Å². The van der Waals surface area contributed by atoms with Crippen molar-refractivity contribution in [1.82, 2.24) is 0 Å². The van der Waals surface area contributed by atoms with Crippen molar-refractivity contribution < 1.29 is 15.1 Å². The molecule has 0 amide bonds. The number of hydrogen-bond acceptors (Lipinski definition) is 5. The van der Waals surface area contributed by atoms with Gasteiger partial charge in [-0.3, -0.25) is 10.1 Å². The van der Waals surface area contributed by atoms with Crippen molar-refractivity contribution in [1.29, 1.82) is 0 Å². The van der Waals surface area contributed by atoms with Gasteiger partial charge in [0.1, 0.15) is 5.75 Å². The van der Waals surface area contributed by atoms with Crippen molar-refractivity contribution in [2.45, 2.75) is 38.3 Å². The standard InChI is InChI=1S/C12H18N2O4.ClH/c1-2-3-4-11(16)12(13)9-7-8(14(17)18)5-6-10(9)15;/h5-7,11-12,15-16H,2-4,13H2,1H3;1H/t11-,12+;/m0./s1. The molecule has 1 aromatic rings.